The number of nitrogens with zero attached hydrogens (tertiary/aromatic N) is 6. The van der Waals surface area contributed by atoms with E-state index in [2.05, 4.69) is 69.5 Å². The summed E-state index contributed by atoms with van der Waals surface area (Å²) in [5, 5.41) is 23.3. The van der Waals surface area contributed by atoms with Crippen LogP contribution in [0.3, 0.4) is 0 Å². The Morgan fingerprint density at radius 1 is 0.422 bits per heavy atom. The molecular weight excluding hydrogens is 1380 g/mol. The van der Waals surface area contributed by atoms with E-state index in [0.29, 0.717) is 88.6 Å². The normalized spacial score (nSPS) is 15.6. The lowest BCUT2D eigenvalue weighted by molar-refractivity contribution is -0.119. The second kappa shape index (κ2) is 44.5. The first-order valence-corrected chi connectivity index (χ1v) is 40.2. The van der Waals surface area contributed by atoms with Crippen molar-refractivity contribution in [2.75, 3.05) is 42.7 Å². The number of ether oxygens (including phenoxy) is 6. The topological polar surface area (TPSA) is 325 Å². The molecule has 600 valence electrons. The molecule has 109 heavy (non-hydrogen) atoms. The van der Waals surface area contributed by atoms with Gasteiger partial charge in [0.2, 0.25) is 17.7 Å². The SMILES string of the molecule is CCC(C)Cn1nc(C(=O)N[C@@H](CCC2CCCCC2)CC(N)=O)cc1-c1c(OC)cccc1OC.CCC(CC)Cn1nc(C(=O)N[C@@H](CCC2CCCCC2)CC(N)=O)cc1-c1c(OC)cccc1OC.COc1cccc(OC)c1-c1cc(C(=O)N[C@@H](CCC2CCCCC2)CC(N)=O)nn1C(C)C(C)C. The number of aromatic nitrogens is 6. The highest BCUT2D eigenvalue weighted by molar-refractivity contribution is 5.96. The van der Waals surface area contributed by atoms with Crippen molar-refractivity contribution in [2.45, 2.75) is 259 Å². The summed E-state index contributed by atoms with van der Waals surface area (Å²) in [4.78, 5) is 75.4. The fourth-order valence-corrected chi connectivity index (χ4v) is 15.5. The number of primary amides is 3. The van der Waals surface area contributed by atoms with Crippen LogP contribution in [-0.2, 0) is 27.5 Å². The summed E-state index contributed by atoms with van der Waals surface area (Å²) in [6, 6.07) is 21.3. The summed E-state index contributed by atoms with van der Waals surface area (Å²) in [5.41, 5.74) is 22.0. The quantitative estimate of drug-likeness (QED) is 0.0209. The first-order valence-electron chi connectivity index (χ1n) is 40.2. The molecule has 0 saturated heterocycles. The molecule has 3 aliphatic rings. The van der Waals surface area contributed by atoms with Crippen LogP contribution in [0.15, 0.2) is 72.8 Å². The smallest absolute Gasteiger partial charge is 0.272 e. The van der Waals surface area contributed by atoms with Crippen molar-refractivity contribution in [3.63, 3.8) is 0 Å². The van der Waals surface area contributed by atoms with Gasteiger partial charge in [-0.1, -0.05) is 175 Å². The third-order valence-corrected chi connectivity index (χ3v) is 22.5. The van der Waals surface area contributed by atoms with Crippen LogP contribution in [0.5, 0.6) is 34.5 Å². The molecule has 9 rings (SSSR count). The number of carbonyl (C=O) groups excluding carboxylic acids is 6. The zero-order valence-corrected chi connectivity index (χ0v) is 67.5. The molecule has 3 heterocycles. The van der Waals surface area contributed by atoms with E-state index < -0.39 is 17.7 Å². The van der Waals surface area contributed by atoms with Gasteiger partial charge in [0.05, 0.1) is 82.5 Å². The van der Waals surface area contributed by atoms with Crippen LogP contribution >= 0.6 is 0 Å². The standard InChI is InChI=1S/C29H44N4O4.2C28H42N4O4/c1-5-20(6-2)19-33-24(28-25(36-3)13-10-14-26(28)37-4)18-23(32-33)29(35)31-22(17-27(30)34)16-15-21-11-8-7-9-12-21;1-18(2)19(3)32-23(27-24(35-4)12-9-13-25(27)36-5)17-22(31-32)28(34)30-21(16-26(29)33)15-14-20-10-7-6-8-11-20;1-5-19(2)18-32-23(27-24(35-3)12-9-13-25(27)36-4)17-22(31-32)28(34)30-21(16-26(29)33)15-14-20-10-7-6-8-11-20/h10,13-14,18,20-22H,5-9,11-12,15-17,19H2,1-4H3,(H2,30,34)(H,31,35);9,12-13,17-21H,6-8,10-11,14-16H2,1-5H3,(H2,29,33)(H,30,34);9,12-13,17,19-21H,5-8,10-11,14-16,18H2,1-4H3,(H2,29,33)(H,30,34)/t22-;2*19?,21-/m000/s1. The predicted octanol–water partition coefficient (Wildman–Crippen LogP) is 15.4. The van der Waals surface area contributed by atoms with E-state index >= 15 is 0 Å². The van der Waals surface area contributed by atoms with Gasteiger partial charge in [-0.3, -0.25) is 42.8 Å². The third kappa shape index (κ3) is 25.8. The molecule has 3 fully saturated rings. The Hall–Kier alpha value is -9.09. The monoisotopic (exact) mass is 1510 g/mol. The zero-order valence-electron chi connectivity index (χ0n) is 67.5. The number of rotatable bonds is 39. The van der Waals surface area contributed by atoms with Crippen molar-refractivity contribution in [3.8, 4) is 68.3 Å². The number of nitrogens with one attached hydrogen (secondary N) is 3. The Balaban J connectivity index is 0.000000228. The van der Waals surface area contributed by atoms with Gasteiger partial charge in [-0.05, 0) is 136 Å². The number of nitrogens with two attached hydrogens (primary N) is 3. The Morgan fingerprint density at radius 3 is 1.00 bits per heavy atom. The summed E-state index contributed by atoms with van der Waals surface area (Å²) in [7, 11) is 9.69. The molecule has 2 unspecified atom stereocenters. The molecule has 24 nitrogen and oxygen atoms in total. The van der Waals surface area contributed by atoms with Crippen LogP contribution in [0.1, 0.15) is 259 Å². The van der Waals surface area contributed by atoms with Crippen LogP contribution in [0.4, 0.5) is 0 Å². The average molecular weight is 1510 g/mol. The average Bonchev–Trinajstić information content (AvgIpc) is 1.66. The molecule has 6 amide bonds. The second-order valence-corrected chi connectivity index (χ2v) is 30.6. The number of carbonyl (C=O) groups is 6. The molecule has 0 radical (unpaired) electrons. The summed E-state index contributed by atoms with van der Waals surface area (Å²) in [5.74, 6) is 4.73. The lowest BCUT2D eigenvalue weighted by Crippen LogP contribution is -2.38. The van der Waals surface area contributed by atoms with Gasteiger partial charge in [-0.25, -0.2) is 0 Å². The van der Waals surface area contributed by atoms with Crippen LogP contribution in [0, 0.1) is 35.5 Å². The summed E-state index contributed by atoms with van der Waals surface area (Å²) in [6.45, 7) is 16.2. The van der Waals surface area contributed by atoms with E-state index in [0.717, 1.165) is 91.6 Å². The van der Waals surface area contributed by atoms with Gasteiger partial charge in [-0.15, -0.1) is 0 Å². The lowest BCUT2D eigenvalue weighted by Gasteiger charge is -2.24. The highest BCUT2D eigenvalue weighted by Crippen LogP contribution is 2.43. The molecule has 3 aliphatic carbocycles. The van der Waals surface area contributed by atoms with Crippen LogP contribution < -0.4 is 61.6 Å². The molecule has 0 aliphatic heterocycles. The Morgan fingerprint density at radius 2 is 0.716 bits per heavy atom. The minimum Gasteiger partial charge on any atom is -0.496 e. The molecule has 0 spiro atoms. The van der Waals surface area contributed by atoms with Crippen molar-refractivity contribution in [2.24, 2.45) is 52.7 Å². The van der Waals surface area contributed by atoms with Crippen molar-refractivity contribution < 1.29 is 57.2 Å². The van der Waals surface area contributed by atoms with E-state index in [9.17, 15) is 28.8 Å². The fourth-order valence-electron chi connectivity index (χ4n) is 15.5. The van der Waals surface area contributed by atoms with Crippen LogP contribution in [-0.4, -0.2) is 126 Å². The van der Waals surface area contributed by atoms with Crippen molar-refractivity contribution in [1.29, 1.82) is 0 Å². The van der Waals surface area contributed by atoms with Gasteiger partial charge < -0.3 is 61.6 Å². The van der Waals surface area contributed by atoms with Gasteiger partial charge in [-0.2, -0.15) is 15.3 Å². The van der Waals surface area contributed by atoms with Gasteiger partial charge in [0.15, 0.2) is 17.1 Å². The molecular formula is C85H128N12O12. The van der Waals surface area contributed by atoms with Crippen molar-refractivity contribution >= 4 is 35.4 Å². The number of benzene rings is 3. The fraction of sp³-hybridized carbons (Fsp3) is 0.612. The van der Waals surface area contributed by atoms with Crippen LogP contribution in [0.25, 0.3) is 33.8 Å². The maximum atomic E-state index is 13.4. The highest BCUT2D eigenvalue weighted by Gasteiger charge is 2.31. The van der Waals surface area contributed by atoms with Crippen LogP contribution in [0.2, 0.25) is 0 Å². The van der Waals surface area contributed by atoms with E-state index in [4.69, 9.17) is 55.8 Å². The Kier molecular flexibility index (Phi) is 35.6. The molecule has 3 saturated carbocycles. The van der Waals surface area contributed by atoms with E-state index in [1.54, 1.807) is 60.9 Å². The third-order valence-electron chi connectivity index (χ3n) is 22.5. The largest absolute Gasteiger partial charge is 0.496 e. The number of hydrogen-bond acceptors (Lipinski definition) is 15. The van der Waals surface area contributed by atoms with E-state index in [1.807, 2.05) is 68.6 Å². The minimum atomic E-state index is -0.414. The van der Waals surface area contributed by atoms with Gasteiger partial charge in [0.25, 0.3) is 17.7 Å². The van der Waals surface area contributed by atoms with Gasteiger partial charge in [0.1, 0.15) is 34.5 Å². The second-order valence-electron chi connectivity index (χ2n) is 30.6. The molecule has 3 aromatic carbocycles. The molecule has 24 heteroatoms. The van der Waals surface area contributed by atoms with Crippen molar-refractivity contribution in [3.05, 3.63) is 89.9 Å². The van der Waals surface area contributed by atoms with Crippen molar-refractivity contribution in [1.82, 2.24) is 45.3 Å². The maximum absolute atomic E-state index is 13.4. The summed E-state index contributed by atoms with van der Waals surface area (Å²) < 4.78 is 39.4. The molecule has 5 atom stereocenters. The lowest BCUT2D eigenvalue weighted by atomic mass is 9.85. The molecule has 0 bridgehead atoms. The van der Waals surface area contributed by atoms with Gasteiger partial charge in [0, 0.05) is 50.5 Å². The minimum absolute atomic E-state index is 0.0175. The molecule has 3 aromatic heterocycles. The predicted molar refractivity (Wildman–Crippen MR) is 428 cm³/mol. The van der Waals surface area contributed by atoms with E-state index in [-0.39, 0.29) is 72.8 Å². The van der Waals surface area contributed by atoms with Gasteiger partial charge >= 0.3 is 0 Å². The first kappa shape index (κ1) is 87.1. The first-order chi connectivity index (χ1) is 52.5. The Labute approximate surface area is 647 Å². The summed E-state index contributed by atoms with van der Waals surface area (Å²) in [6.07, 6.45) is 27.3. The number of methoxy groups -OCH3 is 6. The number of hydrogen-bond donors (Lipinski definition) is 6. The Bertz CT molecular complexity index is 3770. The highest BCUT2D eigenvalue weighted by atomic mass is 16.5. The number of amides is 6. The van der Waals surface area contributed by atoms with E-state index in [1.165, 1.54) is 96.3 Å². The molecule has 9 N–H and O–H groups in total. The molecule has 6 aromatic rings. The summed E-state index contributed by atoms with van der Waals surface area (Å²) >= 11 is 0. The maximum Gasteiger partial charge on any atom is 0.272 e. The zero-order chi connectivity index (χ0) is 79.1.